The summed E-state index contributed by atoms with van der Waals surface area (Å²) in [5, 5.41) is 3.71. The van der Waals surface area contributed by atoms with Gasteiger partial charge in [0, 0.05) is 25.6 Å². The molecule has 0 bridgehead atoms. The molecule has 0 saturated carbocycles. The van der Waals surface area contributed by atoms with E-state index in [0.29, 0.717) is 11.2 Å². The molecule has 1 aromatic carbocycles. The van der Waals surface area contributed by atoms with Gasteiger partial charge in [0.2, 0.25) is 10.0 Å². The largest absolute Gasteiger partial charge is 0.381 e. The van der Waals surface area contributed by atoms with Crippen molar-refractivity contribution >= 4 is 59.6 Å². The van der Waals surface area contributed by atoms with Crippen molar-refractivity contribution in [3.63, 3.8) is 0 Å². The Hall–Kier alpha value is -1.30. The van der Waals surface area contributed by atoms with Gasteiger partial charge in [-0.2, -0.15) is 0 Å². The first-order valence-corrected chi connectivity index (χ1v) is 13.2. The lowest BCUT2D eigenvalue weighted by Gasteiger charge is -2.19. The number of halogens is 1. The van der Waals surface area contributed by atoms with Gasteiger partial charge in [0.25, 0.3) is 0 Å². The second-order valence-corrected chi connectivity index (χ2v) is 11.4. The number of hydrogen-bond donors (Lipinski definition) is 1. The molecular formula is C19H23ClN4O3S3. The second kappa shape index (κ2) is 9.05. The molecule has 1 aliphatic heterocycles. The Balaban J connectivity index is 1.64. The minimum atomic E-state index is -3.86. The highest BCUT2D eigenvalue weighted by molar-refractivity contribution is 7.89. The highest BCUT2D eigenvalue weighted by Gasteiger charge is 2.26. The lowest BCUT2D eigenvalue weighted by atomic mass is 10.2. The summed E-state index contributed by atoms with van der Waals surface area (Å²) in [6, 6.07) is 3.45. The number of fused-ring (bicyclic) bond motifs is 1. The number of rotatable bonds is 6. The lowest BCUT2D eigenvalue weighted by molar-refractivity contribution is 0.0931. The van der Waals surface area contributed by atoms with Crippen molar-refractivity contribution < 1.29 is 13.2 Å². The van der Waals surface area contributed by atoms with Crippen LogP contribution in [0, 0.1) is 6.92 Å². The Labute approximate surface area is 189 Å². The smallest absolute Gasteiger partial charge is 0.244 e. The van der Waals surface area contributed by atoms with E-state index in [1.807, 2.05) is 18.4 Å². The molecule has 1 unspecified atom stereocenters. The summed E-state index contributed by atoms with van der Waals surface area (Å²) >= 11 is 9.31. The molecule has 11 heteroatoms. The van der Waals surface area contributed by atoms with Crippen LogP contribution in [0.15, 0.2) is 22.4 Å². The van der Waals surface area contributed by atoms with Gasteiger partial charge in [-0.3, -0.25) is 0 Å². The van der Waals surface area contributed by atoms with E-state index in [9.17, 15) is 8.42 Å². The van der Waals surface area contributed by atoms with Crippen LogP contribution < -0.4 is 9.62 Å². The number of hydrogen-bond acceptors (Lipinski definition) is 8. The Kier molecular flexibility index (Phi) is 6.61. The molecule has 2 aromatic heterocycles. The van der Waals surface area contributed by atoms with Gasteiger partial charge < -0.3 is 9.64 Å². The molecule has 1 fully saturated rings. The highest BCUT2D eigenvalue weighted by Crippen LogP contribution is 2.37. The van der Waals surface area contributed by atoms with Crippen LogP contribution in [0.2, 0.25) is 5.02 Å². The number of nitrogens with one attached hydrogen (secondary N) is 1. The van der Waals surface area contributed by atoms with Crippen molar-refractivity contribution in [2.24, 2.45) is 0 Å². The Morgan fingerprint density at radius 3 is 2.87 bits per heavy atom. The molecule has 0 radical (unpaired) electrons. The van der Waals surface area contributed by atoms with E-state index >= 15 is 0 Å². The first kappa shape index (κ1) is 21.9. The van der Waals surface area contributed by atoms with Crippen LogP contribution in [0.3, 0.4) is 0 Å². The number of nitrogens with zero attached hydrogens (tertiary/aromatic N) is 3. The third-order valence-electron chi connectivity index (χ3n) is 5.11. The monoisotopic (exact) mass is 486 g/mol. The molecule has 7 nitrogen and oxygen atoms in total. The van der Waals surface area contributed by atoms with Crippen molar-refractivity contribution in [2.75, 3.05) is 25.1 Å². The van der Waals surface area contributed by atoms with Crippen LogP contribution in [0.1, 0.15) is 30.0 Å². The standard InChI is InChI=1S/C19H23ClN4O3S3/c1-12-22-13(11-28-12)10-21-30(25,26)18-15(20)5-6-16-17(18)23-19(29-16)24-8-3-4-14(27-2)7-9-24/h5-6,11,14,21H,3-4,7-10H2,1-2H3. The summed E-state index contributed by atoms with van der Waals surface area (Å²) in [6.07, 6.45) is 3.21. The lowest BCUT2D eigenvalue weighted by Crippen LogP contribution is -2.25. The summed E-state index contributed by atoms with van der Waals surface area (Å²) in [7, 11) is -2.11. The van der Waals surface area contributed by atoms with E-state index in [1.54, 1.807) is 13.2 Å². The minimum Gasteiger partial charge on any atom is -0.381 e. The van der Waals surface area contributed by atoms with Gasteiger partial charge in [-0.15, -0.1) is 11.3 Å². The van der Waals surface area contributed by atoms with Gasteiger partial charge in [-0.25, -0.2) is 23.1 Å². The predicted octanol–water partition coefficient (Wildman–Crippen LogP) is 4.20. The Bertz CT molecular complexity index is 1150. The fourth-order valence-corrected chi connectivity index (χ4v) is 6.93. The SMILES string of the molecule is COC1CCCN(c2nc3c(S(=O)(=O)NCc4csc(C)n4)c(Cl)ccc3s2)CC1. The predicted molar refractivity (Wildman–Crippen MR) is 122 cm³/mol. The number of ether oxygens (including phenoxy) is 1. The van der Waals surface area contributed by atoms with E-state index < -0.39 is 10.0 Å². The molecule has 0 aliphatic carbocycles. The molecule has 1 saturated heterocycles. The number of aryl methyl sites for hydroxylation is 1. The summed E-state index contributed by atoms with van der Waals surface area (Å²) < 4.78 is 35.1. The van der Waals surface area contributed by atoms with Crippen molar-refractivity contribution in [2.45, 2.75) is 43.7 Å². The van der Waals surface area contributed by atoms with Crippen molar-refractivity contribution in [3.05, 3.63) is 33.2 Å². The van der Waals surface area contributed by atoms with E-state index in [0.717, 1.165) is 47.2 Å². The number of thiazole rings is 2. The van der Waals surface area contributed by atoms with Crippen molar-refractivity contribution in [3.8, 4) is 0 Å². The Morgan fingerprint density at radius 1 is 1.30 bits per heavy atom. The third-order valence-corrected chi connectivity index (χ3v) is 8.92. The van der Waals surface area contributed by atoms with Crippen LogP contribution in [0.5, 0.6) is 0 Å². The average molecular weight is 487 g/mol. The number of methoxy groups -OCH3 is 1. The van der Waals surface area contributed by atoms with E-state index in [2.05, 4.69) is 14.6 Å². The van der Waals surface area contributed by atoms with E-state index in [-0.39, 0.29) is 22.6 Å². The minimum absolute atomic E-state index is 0.0284. The van der Waals surface area contributed by atoms with Gasteiger partial charge in [0.05, 0.1) is 33.1 Å². The number of aromatic nitrogens is 2. The maximum Gasteiger partial charge on any atom is 0.244 e. The zero-order chi connectivity index (χ0) is 21.3. The topological polar surface area (TPSA) is 84.4 Å². The zero-order valence-electron chi connectivity index (χ0n) is 16.7. The quantitative estimate of drug-likeness (QED) is 0.562. The fraction of sp³-hybridized carbons (Fsp3) is 0.474. The molecule has 0 spiro atoms. The summed E-state index contributed by atoms with van der Waals surface area (Å²) in [6.45, 7) is 3.70. The van der Waals surface area contributed by atoms with Gasteiger partial charge in [-0.1, -0.05) is 22.9 Å². The van der Waals surface area contributed by atoms with Crippen LogP contribution >= 0.6 is 34.3 Å². The number of benzene rings is 1. The highest BCUT2D eigenvalue weighted by atomic mass is 35.5. The molecular weight excluding hydrogens is 464 g/mol. The van der Waals surface area contributed by atoms with Crippen molar-refractivity contribution in [1.29, 1.82) is 0 Å². The molecule has 0 amide bonds. The molecule has 4 rings (SSSR count). The molecule has 1 atom stereocenters. The third kappa shape index (κ3) is 4.63. The van der Waals surface area contributed by atoms with Gasteiger partial charge in [-0.05, 0) is 38.3 Å². The van der Waals surface area contributed by atoms with Gasteiger partial charge in [0.1, 0.15) is 10.4 Å². The average Bonchev–Trinajstić information content (AvgIpc) is 3.24. The molecule has 1 N–H and O–H groups in total. The molecule has 1 aliphatic rings. The number of anilines is 1. The van der Waals surface area contributed by atoms with Crippen molar-refractivity contribution in [1.82, 2.24) is 14.7 Å². The van der Waals surface area contributed by atoms with Crippen LogP contribution in [0.25, 0.3) is 10.2 Å². The zero-order valence-corrected chi connectivity index (χ0v) is 19.9. The first-order valence-electron chi connectivity index (χ1n) is 9.65. The maximum absolute atomic E-state index is 13.1. The molecule has 3 heterocycles. The van der Waals surface area contributed by atoms with Gasteiger partial charge in [0.15, 0.2) is 5.13 Å². The van der Waals surface area contributed by atoms with Gasteiger partial charge >= 0.3 is 0 Å². The molecule has 30 heavy (non-hydrogen) atoms. The second-order valence-electron chi connectivity index (χ2n) is 7.18. The molecule has 162 valence electrons. The first-order chi connectivity index (χ1) is 14.4. The normalized spacial score (nSPS) is 18.1. The van der Waals surface area contributed by atoms with Crippen LogP contribution in [-0.4, -0.2) is 44.7 Å². The summed E-state index contributed by atoms with van der Waals surface area (Å²) in [5.41, 5.74) is 1.10. The molecule has 3 aromatic rings. The van der Waals surface area contributed by atoms with Crippen LogP contribution in [-0.2, 0) is 21.3 Å². The van der Waals surface area contributed by atoms with E-state index in [4.69, 9.17) is 21.3 Å². The number of sulfonamides is 1. The summed E-state index contributed by atoms with van der Waals surface area (Å²) in [5.74, 6) is 0. The summed E-state index contributed by atoms with van der Waals surface area (Å²) in [4.78, 5) is 11.2. The van der Waals surface area contributed by atoms with E-state index in [1.165, 1.54) is 22.7 Å². The Morgan fingerprint density at radius 2 is 2.13 bits per heavy atom. The maximum atomic E-state index is 13.1. The fourth-order valence-electron chi connectivity index (χ4n) is 3.55. The van der Waals surface area contributed by atoms with Crippen LogP contribution in [0.4, 0.5) is 5.13 Å².